The Hall–Kier alpha value is -1.58. The van der Waals surface area contributed by atoms with E-state index in [1.165, 1.54) is 13.1 Å². The maximum Gasteiger partial charge on any atom is 0.302 e. The molecule has 1 aromatic heterocycles. The standard InChI is InChI=1S/C9H11NO3/c1-7-3-4-9(5-10(7)12)6-13-8(2)11/h3-5H,6H2,1-2H3. The minimum Gasteiger partial charge on any atom is -0.618 e. The Kier molecular flexibility index (Phi) is 2.84. The van der Waals surface area contributed by atoms with Crippen molar-refractivity contribution in [3.63, 3.8) is 0 Å². The van der Waals surface area contributed by atoms with E-state index in [-0.39, 0.29) is 12.6 Å². The van der Waals surface area contributed by atoms with Gasteiger partial charge >= 0.3 is 5.97 Å². The second-order valence-corrected chi connectivity index (χ2v) is 2.78. The lowest BCUT2D eigenvalue weighted by molar-refractivity contribution is -0.612. The van der Waals surface area contributed by atoms with Crippen LogP contribution in [0.15, 0.2) is 18.3 Å². The molecule has 0 aliphatic carbocycles. The molecular weight excluding hydrogens is 170 g/mol. The first-order valence-electron chi connectivity index (χ1n) is 3.91. The Balaban J connectivity index is 2.68. The summed E-state index contributed by atoms with van der Waals surface area (Å²) in [6, 6.07) is 3.44. The summed E-state index contributed by atoms with van der Waals surface area (Å²) in [5.41, 5.74) is 1.31. The monoisotopic (exact) mass is 181 g/mol. The van der Waals surface area contributed by atoms with Crippen LogP contribution < -0.4 is 4.73 Å². The van der Waals surface area contributed by atoms with Crippen molar-refractivity contribution in [3.8, 4) is 0 Å². The molecule has 0 unspecified atom stereocenters. The number of aryl methyl sites for hydroxylation is 1. The van der Waals surface area contributed by atoms with Gasteiger partial charge in [0.05, 0.1) is 5.56 Å². The van der Waals surface area contributed by atoms with Crippen molar-refractivity contribution in [2.45, 2.75) is 20.5 Å². The van der Waals surface area contributed by atoms with Crippen molar-refractivity contribution < 1.29 is 14.3 Å². The summed E-state index contributed by atoms with van der Waals surface area (Å²) in [4.78, 5) is 10.5. The van der Waals surface area contributed by atoms with E-state index < -0.39 is 0 Å². The van der Waals surface area contributed by atoms with E-state index in [0.717, 1.165) is 4.73 Å². The maximum atomic E-state index is 11.1. The van der Waals surface area contributed by atoms with Crippen LogP contribution in [0.2, 0.25) is 0 Å². The number of carbonyl (C=O) groups is 1. The van der Waals surface area contributed by atoms with Crippen LogP contribution in [0.5, 0.6) is 0 Å². The van der Waals surface area contributed by atoms with Gasteiger partial charge in [0, 0.05) is 19.9 Å². The minimum absolute atomic E-state index is 0.151. The van der Waals surface area contributed by atoms with Gasteiger partial charge in [-0.25, -0.2) is 0 Å². The Morgan fingerprint density at radius 3 is 2.85 bits per heavy atom. The van der Waals surface area contributed by atoms with Crippen LogP contribution in [-0.4, -0.2) is 5.97 Å². The third-order valence-corrected chi connectivity index (χ3v) is 1.61. The van der Waals surface area contributed by atoms with E-state index in [0.29, 0.717) is 11.3 Å². The molecule has 0 spiro atoms. The van der Waals surface area contributed by atoms with Crippen molar-refractivity contribution in [1.82, 2.24) is 0 Å². The van der Waals surface area contributed by atoms with Crippen LogP contribution in [0.3, 0.4) is 0 Å². The number of esters is 1. The van der Waals surface area contributed by atoms with Gasteiger partial charge in [0.2, 0.25) is 0 Å². The largest absolute Gasteiger partial charge is 0.618 e. The molecule has 0 fully saturated rings. The highest BCUT2D eigenvalue weighted by molar-refractivity contribution is 5.65. The Bertz CT molecular complexity index is 323. The molecule has 0 atom stereocenters. The van der Waals surface area contributed by atoms with E-state index in [1.807, 2.05) is 0 Å². The molecule has 0 radical (unpaired) electrons. The number of rotatable bonds is 2. The van der Waals surface area contributed by atoms with Crippen LogP contribution >= 0.6 is 0 Å². The highest BCUT2D eigenvalue weighted by atomic mass is 16.5. The topological polar surface area (TPSA) is 53.2 Å². The summed E-state index contributed by atoms with van der Waals surface area (Å²) in [6.07, 6.45) is 1.40. The fourth-order valence-electron chi connectivity index (χ4n) is 0.867. The first-order chi connectivity index (χ1) is 6.09. The molecular formula is C9H11NO3. The van der Waals surface area contributed by atoms with Crippen LogP contribution in [0.1, 0.15) is 18.2 Å². The molecule has 0 aliphatic rings. The molecule has 0 saturated carbocycles. The van der Waals surface area contributed by atoms with Gasteiger partial charge in [0.1, 0.15) is 6.61 Å². The normalized spacial score (nSPS) is 9.69. The van der Waals surface area contributed by atoms with Crippen molar-refractivity contribution >= 4 is 5.97 Å². The van der Waals surface area contributed by atoms with Crippen LogP contribution in [0.25, 0.3) is 0 Å². The van der Waals surface area contributed by atoms with Crippen molar-refractivity contribution in [2.75, 3.05) is 0 Å². The summed E-state index contributed by atoms with van der Waals surface area (Å²) >= 11 is 0. The first kappa shape index (κ1) is 9.51. The highest BCUT2D eigenvalue weighted by Crippen LogP contribution is 1.99. The molecule has 0 aromatic carbocycles. The molecule has 0 N–H and O–H groups in total. The quantitative estimate of drug-likeness (QED) is 0.383. The number of ether oxygens (including phenoxy) is 1. The Morgan fingerprint density at radius 2 is 2.31 bits per heavy atom. The van der Waals surface area contributed by atoms with Gasteiger partial charge in [0.25, 0.3) is 0 Å². The van der Waals surface area contributed by atoms with Gasteiger partial charge in [0.15, 0.2) is 11.9 Å². The zero-order valence-electron chi connectivity index (χ0n) is 7.61. The average molecular weight is 181 g/mol. The Morgan fingerprint density at radius 1 is 1.62 bits per heavy atom. The second kappa shape index (κ2) is 3.89. The van der Waals surface area contributed by atoms with Gasteiger partial charge in [-0.05, 0) is 6.07 Å². The molecule has 1 rings (SSSR count). The molecule has 0 amide bonds. The van der Waals surface area contributed by atoms with E-state index in [2.05, 4.69) is 0 Å². The van der Waals surface area contributed by atoms with Crippen molar-refractivity contribution in [3.05, 3.63) is 34.8 Å². The highest BCUT2D eigenvalue weighted by Gasteiger charge is 2.02. The number of aromatic nitrogens is 1. The fourth-order valence-corrected chi connectivity index (χ4v) is 0.867. The van der Waals surface area contributed by atoms with Crippen LogP contribution in [0, 0.1) is 12.1 Å². The zero-order valence-corrected chi connectivity index (χ0v) is 7.61. The summed E-state index contributed by atoms with van der Waals surface area (Å²) in [5.74, 6) is -0.349. The number of nitrogens with zero attached hydrogens (tertiary/aromatic N) is 1. The summed E-state index contributed by atoms with van der Waals surface area (Å²) in [6.45, 7) is 3.19. The summed E-state index contributed by atoms with van der Waals surface area (Å²) in [7, 11) is 0. The van der Waals surface area contributed by atoms with E-state index in [9.17, 15) is 10.0 Å². The molecule has 0 aliphatic heterocycles. The molecule has 70 valence electrons. The number of pyridine rings is 1. The van der Waals surface area contributed by atoms with Gasteiger partial charge in [-0.15, -0.1) is 0 Å². The molecule has 13 heavy (non-hydrogen) atoms. The molecule has 4 heteroatoms. The summed E-state index contributed by atoms with van der Waals surface area (Å²) < 4.78 is 5.48. The zero-order chi connectivity index (χ0) is 9.84. The molecule has 0 saturated heterocycles. The molecule has 1 heterocycles. The van der Waals surface area contributed by atoms with Gasteiger partial charge < -0.3 is 9.94 Å². The second-order valence-electron chi connectivity index (χ2n) is 2.78. The lowest BCUT2D eigenvalue weighted by Crippen LogP contribution is -2.29. The number of hydrogen-bond acceptors (Lipinski definition) is 3. The molecule has 4 nitrogen and oxygen atoms in total. The van der Waals surface area contributed by atoms with Crippen LogP contribution in [-0.2, 0) is 16.1 Å². The first-order valence-corrected chi connectivity index (χ1v) is 3.91. The summed E-state index contributed by atoms with van der Waals surface area (Å²) in [5, 5.41) is 11.1. The maximum absolute atomic E-state index is 11.1. The fraction of sp³-hybridized carbons (Fsp3) is 0.333. The third kappa shape index (κ3) is 2.74. The Labute approximate surface area is 76.3 Å². The molecule has 0 bridgehead atoms. The predicted molar refractivity (Wildman–Crippen MR) is 45.6 cm³/mol. The SMILES string of the molecule is CC(=O)OCc1ccc(C)[n+]([O-])c1. The predicted octanol–water partition coefficient (Wildman–Crippen LogP) is 0.692. The van der Waals surface area contributed by atoms with Gasteiger partial charge in [-0.2, -0.15) is 4.73 Å². The van der Waals surface area contributed by atoms with Crippen molar-refractivity contribution in [1.29, 1.82) is 0 Å². The van der Waals surface area contributed by atoms with Gasteiger partial charge in [-0.3, -0.25) is 4.79 Å². The smallest absolute Gasteiger partial charge is 0.302 e. The number of hydrogen-bond donors (Lipinski definition) is 0. The number of carbonyl (C=O) groups excluding carboxylic acids is 1. The lowest BCUT2D eigenvalue weighted by Gasteiger charge is -2.03. The van der Waals surface area contributed by atoms with Crippen molar-refractivity contribution in [2.24, 2.45) is 0 Å². The van der Waals surface area contributed by atoms with Gasteiger partial charge in [-0.1, -0.05) is 0 Å². The van der Waals surface area contributed by atoms with E-state index in [4.69, 9.17) is 4.74 Å². The average Bonchev–Trinajstić information content (AvgIpc) is 2.07. The lowest BCUT2D eigenvalue weighted by atomic mass is 10.3. The van der Waals surface area contributed by atoms with Crippen LogP contribution in [0.4, 0.5) is 0 Å². The van der Waals surface area contributed by atoms with E-state index in [1.54, 1.807) is 19.1 Å². The van der Waals surface area contributed by atoms with E-state index >= 15 is 0 Å². The minimum atomic E-state index is -0.349. The molecule has 1 aromatic rings. The third-order valence-electron chi connectivity index (χ3n) is 1.61.